The van der Waals surface area contributed by atoms with E-state index >= 15 is 0 Å². The Labute approximate surface area is 191 Å². The van der Waals surface area contributed by atoms with Crippen molar-refractivity contribution < 1.29 is 9.53 Å². The molecule has 3 aliphatic rings. The third-order valence-electron chi connectivity index (χ3n) is 7.33. The molecule has 0 unspecified atom stereocenters. The van der Waals surface area contributed by atoms with Crippen molar-refractivity contribution in [3.63, 3.8) is 0 Å². The summed E-state index contributed by atoms with van der Waals surface area (Å²) in [7, 11) is 0. The zero-order chi connectivity index (χ0) is 21.8. The lowest BCUT2D eigenvalue weighted by atomic mass is 9.84. The molecule has 1 saturated heterocycles. The van der Waals surface area contributed by atoms with Gasteiger partial charge in [0, 0.05) is 56.0 Å². The number of hydrogen-bond acceptors (Lipinski definition) is 5. The summed E-state index contributed by atoms with van der Waals surface area (Å²) in [5.74, 6) is 2.90. The van der Waals surface area contributed by atoms with Crippen molar-refractivity contribution in [2.24, 2.45) is 5.92 Å². The van der Waals surface area contributed by atoms with Crippen molar-refractivity contribution >= 4 is 11.7 Å². The van der Waals surface area contributed by atoms with Crippen LogP contribution in [0.2, 0.25) is 0 Å². The van der Waals surface area contributed by atoms with Gasteiger partial charge in [-0.1, -0.05) is 18.2 Å². The predicted molar refractivity (Wildman–Crippen MR) is 126 cm³/mol. The van der Waals surface area contributed by atoms with Crippen LogP contribution in [0.5, 0.6) is 5.75 Å². The minimum Gasteiger partial charge on any atom is -0.489 e. The number of benzene rings is 1. The number of hydrogen-bond donors (Lipinski definition) is 1. The van der Waals surface area contributed by atoms with Crippen LogP contribution in [0.1, 0.15) is 48.0 Å². The van der Waals surface area contributed by atoms with E-state index in [9.17, 15) is 4.79 Å². The molecule has 1 saturated carbocycles. The Hall–Kier alpha value is -2.60. The number of anilines is 1. The van der Waals surface area contributed by atoms with Crippen LogP contribution in [-0.4, -0.2) is 61.2 Å². The van der Waals surface area contributed by atoms with E-state index in [-0.39, 0.29) is 5.91 Å². The van der Waals surface area contributed by atoms with Crippen LogP contribution in [-0.2, 0) is 6.42 Å². The number of nitrogens with one attached hydrogen (secondary N) is 1. The van der Waals surface area contributed by atoms with E-state index in [1.54, 1.807) is 0 Å². The van der Waals surface area contributed by atoms with Crippen molar-refractivity contribution in [2.75, 3.05) is 44.2 Å². The molecule has 3 heterocycles. The number of fused-ring (bicyclic) bond motifs is 1. The van der Waals surface area contributed by atoms with Crippen molar-refractivity contribution in [3.8, 4) is 5.75 Å². The van der Waals surface area contributed by atoms with Gasteiger partial charge in [-0.25, -0.2) is 4.98 Å². The second-order valence-corrected chi connectivity index (χ2v) is 9.40. The summed E-state index contributed by atoms with van der Waals surface area (Å²) >= 11 is 0. The highest BCUT2D eigenvalue weighted by molar-refractivity contribution is 5.94. The lowest BCUT2D eigenvalue weighted by Crippen LogP contribution is -2.47. The summed E-state index contributed by atoms with van der Waals surface area (Å²) in [4.78, 5) is 22.0. The normalized spacial score (nSPS) is 23.4. The molecule has 2 aromatic rings. The average molecular weight is 435 g/mol. The van der Waals surface area contributed by atoms with Gasteiger partial charge in [0.25, 0.3) is 5.91 Å². The van der Waals surface area contributed by atoms with E-state index in [0.717, 1.165) is 75.1 Å². The fraction of sp³-hybridized carbons (Fsp3) is 0.538. The van der Waals surface area contributed by atoms with E-state index in [1.807, 2.05) is 36.5 Å². The number of nitrogens with zero attached hydrogens (tertiary/aromatic N) is 3. The van der Waals surface area contributed by atoms with Gasteiger partial charge in [-0.15, -0.1) is 0 Å². The third-order valence-corrected chi connectivity index (χ3v) is 7.33. The molecular weight excluding hydrogens is 400 g/mol. The smallest absolute Gasteiger partial charge is 0.251 e. The molecule has 0 atom stereocenters. The zero-order valence-corrected chi connectivity index (χ0v) is 18.8. The van der Waals surface area contributed by atoms with E-state index in [0.29, 0.717) is 6.04 Å². The Morgan fingerprint density at radius 3 is 2.59 bits per heavy atom. The summed E-state index contributed by atoms with van der Waals surface area (Å²) in [5, 5.41) is 3.23. The standard InChI is InChI=1S/C26H34N4O2/c31-26(22-4-2-1-3-5-22)28-23-8-6-20(7-9-23)11-14-29-15-17-30(18-16-29)25-24-21(10-13-27-25)12-19-32-24/h1-5,10,13,20,23H,6-9,11-12,14-19H2,(H,28,31). The van der Waals surface area contributed by atoms with Crippen LogP contribution in [0.3, 0.4) is 0 Å². The molecule has 0 radical (unpaired) electrons. The van der Waals surface area contributed by atoms with Gasteiger partial charge in [-0.05, 0) is 62.8 Å². The lowest BCUT2D eigenvalue weighted by molar-refractivity contribution is 0.0919. The van der Waals surface area contributed by atoms with Gasteiger partial charge in [0.1, 0.15) is 0 Å². The zero-order valence-electron chi connectivity index (χ0n) is 18.8. The van der Waals surface area contributed by atoms with Crippen LogP contribution in [0.4, 0.5) is 5.82 Å². The molecule has 0 bridgehead atoms. The number of aromatic nitrogens is 1. The first-order valence-corrected chi connectivity index (χ1v) is 12.2. The first kappa shape index (κ1) is 21.3. The van der Waals surface area contributed by atoms with Gasteiger partial charge in [0.05, 0.1) is 6.61 Å². The number of amides is 1. The summed E-state index contributed by atoms with van der Waals surface area (Å²) in [6.07, 6.45) is 8.83. The topological polar surface area (TPSA) is 57.7 Å². The summed E-state index contributed by atoms with van der Waals surface area (Å²) in [6.45, 7) is 6.18. The molecule has 1 aromatic heterocycles. The van der Waals surface area contributed by atoms with Crippen LogP contribution < -0.4 is 15.0 Å². The maximum atomic E-state index is 12.4. The fourth-order valence-corrected chi connectivity index (χ4v) is 5.32. The SMILES string of the molecule is O=C(NC1CCC(CCN2CCN(c3nccc4c3OCC4)CC2)CC1)c1ccccc1. The largest absolute Gasteiger partial charge is 0.489 e. The summed E-state index contributed by atoms with van der Waals surface area (Å²) in [5.41, 5.74) is 2.06. The maximum absolute atomic E-state index is 12.4. The van der Waals surface area contributed by atoms with Crippen LogP contribution in [0.15, 0.2) is 42.6 Å². The summed E-state index contributed by atoms with van der Waals surface area (Å²) < 4.78 is 5.85. The van der Waals surface area contributed by atoms with Gasteiger partial charge < -0.3 is 15.0 Å². The second-order valence-electron chi connectivity index (χ2n) is 9.40. The number of rotatable bonds is 6. The van der Waals surface area contributed by atoms with Crippen molar-refractivity contribution in [1.29, 1.82) is 0 Å². The van der Waals surface area contributed by atoms with Crippen molar-refractivity contribution in [2.45, 2.75) is 44.6 Å². The molecular formula is C26H34N4O2. The highest BCUT2D eigenvalue weighted by Gasteiger charge is 2.26. The molecule has 1 N–H and O–H groups in total. The minimum absolute atomic E-state index is 0.0656. The Balaban J connectivity index is 1.02. The molecule has 2 fully saturated rings. The molecule has 1 aromatic carbocycles. The molecule has 6 heteroatoms. The molecule has 2 aliphatic heterocycles. The average Bonchev–Trinajstić information content (AvgIpc) is 3.34. The quantitative estimate of drug-likeness (QED) is 0.754. The van der Waals surface area contributed by atoms with E-state index in [4.69, 9.17) is 4.74 Å². The Bertz CT molecular complexity index is 903. The van der Waals surface area contributed by atoms with Crippen LogP contribution >= 0.6 is 0 Å². The second kappa shape index (κ2) is 9.90. The first-order chi connectivity index (χ1) is 15.8. The van der Waals surface area contributed by atoms with Crippen LogP contribution in [0, 0.1) is 5.92 Å². The minimum atomic E-state index is 0.0656. The van der Waals surface area contributed by atoms with E-state index < -0.39 is 0 Å². The number of pyridine rings is 1. The fourth-order valence-electron chi connectivity index (χ4n) is 5.32. The van der Waals surface area contributed by atoms with Crippen LogP contribution in [0.25, 0.3) is 0 Å². The molecule has 5 rings (SSSR count). The van der Waals surface area contributed by atoms with E-state index in [2.05, 4.69) is 26.2 Å². The highest BCUT2D eigenvalue weighted by atomic mass is 16.5. The van der Waals surface area contributed by atoms with Crippen molar-refractivity contribution in [1.82, 2.24) is 15.2 Å². The van der Waals surface area contributed by atoms with Gasteiger partial charge in [0.2, 0.25) is 0 Å². The number of piperazine rings is 1. The molecule has 170 valence electrons. The maximum Gasteiger partial charge on any atom is 0.251 e. The molecule has 1 aliphatic carbocycles. The third kappa shape index (κ3) is 4.90. The number of carbonyl (C=O) groups excluding carboxylic acids is 1. The molecule has 1 amide bonds. The van der Waals surface area contributed by atoms with Crippen molar-refractivity contribution in [3.05, 3.63) is 53.7 Å². The monoisotopic (exact) mass is 434 g/mol. The van der Waals surface area contributed by atoms with E-state index in [1.165, 1.54) is 31.4 Å². The molecule has 32 heavy (non-hydrogen) atoms. The Kier molecular flexibility index (Phi) is 6.58. The lowest BCUT2D eigenvalue weighted by Gasteiger charge is -2.37. The van der Waals surface area contributed by atoms with Gasteiger partial charge in [0.15, 0.2) is 11.6 Å². The van der Waals surface area contributed by atoms with Gasteiger partial charge in [-0.2, -0.15) is 0 Å². The predicted octanol–water partition coefficient (Wildman–Crippen LogP) is 3.52. The molecule has 6 nitrogen and oxygen atoms in total. The number of ether oxygens (including phenoxy) is 1. The Morgan fingerprint density at radius 2 is 1.81 bits per heavy atom. The summed E-state index contributed by atoms with van der Waals surface area (Å²) in [6, 6.07) is 12.0. The molecule has 0 spiro atoms. The number of carbonyl (C=O) groups is 1. The van der Waals surface area contributed by atoms with Gasteiger partial charge in [-0.3, -0.25) is 9.69 Å². The first-order valence-electron chi connectivity index (χ1n) is 12.2. The highest BCUT2D eigenvalue weighted by Crippen LogP contribution is 2.34. The Morgan fingerprint density at radius 1 is 1.03 bits per heavy atom. The van der Waals surface area contributed by atoms with Gasteiger partial charge >= 0.3 is 0 Å².